The molecule has 0 aromatic rings. The van der Waals surface area contributed by atoms with Crippen LogP contribution in [0.3, 0.4) is 0 Å². The second kappa shape index (κ2) is 12.6. The first-order valence-electron chi connectivity index (χ1n) is 3.61. The Morgan fingerprint density at radius 3 is 2.45 bits per heavy atom. The minimum absolute atomic E-state index is 0.346. The van der Waals surface area contributed by atoms with Crippen molar-refractivity contribution >= 4 is 29.2 Å². The van der Waals surface area contributed by atoms with Crippen molar-refractivity contribution in [3.63, 3.8) is 0 Å². The lowest BCUT2D eigenvalue weighted by Crippen LogP contribution is -1.94. The number of ether oxygens (including phenoxy) is 1. The molecule has 66 valence electrons. The summed E-state index contributed by atoms with van der Waals surface area (Å²) in [6, 6.07) is 0. The summed E-state index contributed by atoms with van der Waals surface area (Å²) in [7, 11) is 0. The van der Waals surface area contributed by atoms with E-state index < -0.39 is 0 Å². The van der Waals surface area contributed by atoms with Gasteiger partial charge < -0.3 is 4.74 Å². The fraction of sp³-hybridized carbons (Fsp3) is 0.625. The van der Waals surface area contributed by atoms with Gasteiger partial charge in [0.15, 0.2) is 0 Å². The van der Waals surface area contributed by atoms with E-state index in [0.29, 0.717) is 11.0 Å². The topological polar surface area (TPSA) is 9.23 Å². The Morgan fingerprint density at radius 1 is 1.73 bits per heavy atom. The van der Waals surface area contributed by atoms with Gasteiger partial charge in [0.25, 0.3) is 0 Å². The van der Waals surface area contributed by atoms with Crippen molar-refractivity contribution in [2.24, 2.45) is 0 Å². The van der Waals surface area contributed by atoms with Crippen molar-refractivity contribution in [3.05, 3.63) is 12.7 Å². The van der Waals surface area contributed by atoms with Gasteiger partial charge in [0, 0.05) is 0 Å². The summed E-state index contributed by atoms with van der Waals surface area (Å²) in [5.74, 6) is 0. The van der Waals surface area contributed by atoms with E-state index >= 15 is 0 Å². The molecule has 0 amide bonds. The largest absolute Gasteiger partial charge is 0.479 e. The minimum atomic E-state index is 0.346. The summed E-state index contributed by atoms with van der Waals surface area (Å²) in [6.07, 6.45) is 3.94. The second-order valence-electron chi connectivity index (χ2n) is 1.88. The zero-order valence-electron chi connectivity index (χ0n) is 7.17. The Kier molecular flexibility index (Phi) is 15.6. The van der Waals surface area contributed by atoms with E-state index in [1.54, 1.807) is 6.08 Å². The van der Waals surface area contributed by atoms with E-state index in [4.69, 9.17) is 4.74 Å². The first-order chi connectivity index (χ1) is 5.18. The summed E-state index contributed by atoms with van der Waals surface area (Å²) in [5, 5.41) is 0. The zero-order valence-corrected chi connectivity index (χ0v) is 8.88. The molecule has 1 nitrogen and oxygen atoms in total. The molecule has 0 saturated heterocycles. The van der Waals surface area contributed by atoms with E-state index in [9.17, 15) is 0 Å². The van der Waals surface area contributed by atoms with Crippen LogP contribution in [0.2, 0.25) is 0 Å². The smallest absolute Gasteiger partial charge is 0.216 e. The molecule has 0 bridgehead atoms. The van der Waals surface area contributed by atoms with Crippen molar-refractivity contribution in [1.82, 2.24) is 0 Å². The van der Waals surface area contributed by atoms with Crippen LogP contribution in [0.5, 0.6) is 0 Å². The lowest BCUT2D eigenvalue weighted by atomic mass is 10.4. The summed E-state index contributed by atoms with van der Waals surface area (Å²) in [5.41, 5.74) is 0. The SMILES string of the molecule is C=CC.CCCCOC(=S)S. The first-order valence-corrected chi connectivity index (χ1v) is 4.47. The van der Waals surface area contributed by atoms with Crippen LogP contribution in [-0.4, -0.2) is 11.0 Å². The van der Waals surface area contributed by atoms with Gasteiger partial charge in [0.05, 0.1) is 6.61 Å². The molecule has 11 heavy (non-hydrogen) atoms. The number of hydrogen-bond donors (Lipinski definition) is 1. The molecule has 0 N–H and O–H groups in total. The Balaban J connectivity index is 0. The Hall–Kier alpha value is -0.0200. The molecule has 0 heterocycles. The van der Waals surface area contributed by atoms with Gasteiger partial charge in [-0.3, -0.25) is 0 Å². The van der Waals surface area contributed by atoms with Crippen LogP contribution < -0.4 is 0 Å². The third-order valence-electron chi connectivity index (χ3n) is 0.723. The van der Waals surface area contributed by atoms with Crippen LogP contribution in [-0.2, 0) is 4.74 Å². The van der Waals surface area contributed by atoms with Crippen molar-refractivity contribution < 1.29 is 4.74 Å². The Bertz CT molecular complexity index is 102. The quantitative estimate of drug-likeness (QED) is 0.318. The van der Waals surface area contributed by atoms with Crippen molar-refractivity contribution in [2.45, 2.75) is 26.7 Å². The van der Waals surface area contributed by atoms with Crippen LogP contribution in [0.1, 0.15) is 26.7 Å². The van der Waals surface area contributed by atoms with Crippen molar-refractivity contribution in [2.75, 3.05) is 6.61 Å². The molecule has 0 aromatic heterocycles. The molecule has 0 aliphatic carbocycles. The predicted octanol–water partition coefficient (Wildman–Crippen LogP) is 3.21. The van der Waals surface area contributed by atoms with Crippen LogP contribution in [0.25, 0.3) is 0 Å². The summed E-state index contributed by atoms with van der Waals surface area (Å²) in [6.45, 7) is 8.06. The highest BCUT2D eigenvalue weighted by atomic mass is 32.1. The molecule has 0 radical (unpaired) electrons. The van der Waals surface area contributed by atoms with Gasteiger partial charge in [-0.15, -0.1) is 6.58 Å². The number of unbranched alkanes of at least 4 members (excludes halogenated alkanes) is 1. The lowest BCUT2D eigenvalue weighted by molar-refractivity contribution is 0.313. The van der Waals surface area contributed by atoms with Gasteiger partial charge in [-0.1, -0.05) is 32.0 Å². The maximum absolute atomic E-state index is 4.88. The van der Waals surface area contributed by atoms with E-state index in [1.807, 2.05) is 6.92 Å². The molecule has 0 aromatic carbocycles. The molecule has 0 atom stereocenters. The van der Waals surface area contributed by atoms with Gasteiger partial charge >= 0.3 is 0 Å². The van der Waals surface area contributed by atoms with Crippen molar-refractivity contribution in [3.8, 4) is 0 Å². The van der Waals surface area contributed by atoms with E-state index in [2.05, 4.69) is 38.3 Å². The highest BCUT2D eigenvalue weighted by Gasteiger charge is 1.85. The number of thiocarbonyl (C=S) groups is 1. The van der Waals surface area contributed by atoms with Gasteiger partial charge in [-0.05, 0) is 25.6 Å². The fourth-order valence-corrected chi connectivity index (χ4v) is 0.478. The summed E-state index contributed by atoms with van der Waals surface area (Å²) >= 11 is 8.33. The monoisotopic (exact) mass is 192 g/mol. The molecule has 3 heteroatoms. The van der Waals surface area contributed by atoms with Gasteiger partial charge in [-0.2, -0.15) is 0 Å². The van der Waals surface area contributed by atoms with Crippen LogP contribution in [0, 0.1) is 0 Å². The standard InChI is InChI=1S/C5H10OS2.C3H6/c1-2-3-4-6-5(7)8;1-3-2/h2-4H2,1H3,(H,7,8);3H,1H2,2H3. The van der Waals surface area contributed by atoms with Gasteiger partial charge in [0.1, 0.15) is 0 Å². The molecule has 0 unspecified atom stereocenters. The molecule has 0 aliphatic rings. The maximum atomic E-state index is 4.88. The van der Waals surface area contributed by atoms with E-state index in [1.165, 1.54) is 0 Å². The average molecular weight is 192 g/mol. The zero-order chi connectivity index (χ0) is 9.11. The highest BCUT2D eigenvalue weighted by Crippen LogP contribution is 1.91. The average Bonchev–Trinajstić information content (AvgIpc) is 1.89. The number of thiol groups is 1. The molecule has 0 saturated carbocycles. The second-order valence-corrected chi connectivity index (χ2v) is 2.96. The maximum Gasteiger partial charge on any atom is 0.216 e. The van der Waals surface area contributed by atoms with E-state index in [0.717, 1.165) is 12.8 Å². The van der Waals surface area contributed by atoms with Gasteiger partial charge in [0.2, 0.25) is 4.38 Å². The minimum Gasteiger partial charge on any atom is -0.479 e. The molecular weight excluding hydrogens is 176 g/mol. The lowest BCUT2D eigenvalue weighted by Gasteiger charge is -1.98. The number of allylic oxidation sites excluding steroid dienone is 1. The third kappa shape index (κ3) is 25.6. The molecule has 0 rings (SSSR count). The normalized spacial score (nSPS) is 7.55. The first kappa shape index (κ1) is 13.6. The fourth-order valence-electron chi connectivity index (χ4n) is 0.304. The van der Waals surface area contributed by atoms with Crippen LogP contribution >= 0.6 is 24.8 Å². The van der Waals surface area contributed by atoms with Crippen molar-refractivity contribution in [1.29, 1.82) is 0 Å². The van der Waals surface area contributed by atoms with Crippen LogP contribution in [0.15, 0.2) is 12.7 Å². The summed E-state index contributed by atoms with van der Waals surface area (Å²) in [4.78, 5) is 0. The molecule has 0 aliphatic heterocycles. The van der Waals surface area contributed by atoms with Crippen LogP contribution in [0.4, 0.5) is 0 Å². The Labute approximate surface area is 80.2 Å². The third-order valence-corrected chi connectivity index (χ3v) is 0.970. The molecule has 0 spiro atoms. The highest BCUT2D eigenvalue weighted by molar-refractivity contribution is 8.10. The molecule has 0 fully saturated rings. The molecular formula is C8H16OS2. The Morgan fingerprint density at radius 2 is 2.18 bits per heavy atom. The predicted molar refractivity (Wildman–Crippen MR) is 58.3 cm³/mol. The summed E-state index contributed by atoms with van der Waals surface area (Å²) < 4.78 is 5.22. The number of hydrogen-bond acceptors (Lipinski definition) is 2. The number of rotatable bonds is 3. The van der Waals surface area contributed by atoms with E-state index in [-0.39, 0.29) is 0 Å². The van der Waals surface area contributed by atoms with Gasteiger partial charge in [-0.25, -0.2) is 0 Å².